The number of nitrogen functional groups attached to an aromatic ring is 1. The molecule has 9 nitrogen and oxygen atoms in total. The molecule has 2 aliphatic rings. The molecule has 0 fully saturated rings. The van der Waals surface area contributed by atoms with Crippen LogP contribution in [0.2, 0.25) is 0 Å². The molecule has 1 heterocycles. The van der Waals surface area contributed by atoms with Crippen molar-refractivity contribution in [3.8, 4) is 0 Å². The molecular weight excluding hydrogens is 482 g/mol. The lowest BCUT2D eigenvalue weighted by Gasteiger charge is -2.46. The van der Waals surface area contributed by atoms with Crippen LogP contribution < -0.4 is 5.73 Å². The second-order valence-corrected chi connectivity index (χ2v) is 15.1. The van der Waals surface area contributed by atoms with Crippen LogP contribution in [0, 0.1) is 5.41 Å². The first kappa shape index (κ1) is 28.0. The summed E-state index contributed by atoms with van der Waals surface area (Å²) in [5.41, 5.74) is 5.52. The zero-order valence-electron chi connectivity index (χ0n) is 22.5. The van der Waals surface area contributed by atoms with Gasteiger partial charge in [0.05, 0.1) is 5.25 Å². The van der Waals surface area contributed by atoms with Crippen LogP contribution in [-0.2, 0) is 26.5 Å². The SMILES string of the molecule is CC(C)(C)CC(C)(C)OC(=O)N(C(=O)O)C1=N[C@]2(C)c3cc(N)ccc3CCC[C@@H]2S(=O)(=O)C1(C)C. The number of nitrogens with zero attached hydrogens (tertiary/aromatic N) is 2. The number of benzene rings is 1. The number of amidine groups is 1. The molecule has 0 aromatic heterocycles. The number of rotatable bonds is 2. The minimum absolute atomic E-state index is 0.201. The van der Waals surface area contributed by atoms with E-state index in [9.17, 15) is 23.1 Å². The number of ether oxygens (including phenoxy) is 1. The van der Waals surface area contributed by atoms with Gasteiger partial charge < -0.3 is 15.6 Å². The molecule has 0 bridgehead atoms. The summed E-state index contributed by atoms with van der Waals surface area (Å²) >= 11 is 0. The average Bonchev–Trinajstić information content (AvgIpc) is 2.81. The Hall–Kier alpha value is -2.62. The van der Waals surface area contributed by atoms with E-state index >= 15 is 0 Å². The van der Waals surface area contributed by atoms with E-state index in [-0.39, 0.29) is 11.3 Å². The first-order valence-electron chi connectivity index (χ1n) is 12.2. The number of imide groups is 1. The molecule has 1 aliphatic heterocycles. The maximum atomic E-state index is 14.1. The van der Waals surface area contributed by atoms with Crippen LogP contribution in [0.1, 0.15) is 85.8 Å². The number of carboxylic acid groups (broad SMARTS) is 1. The van der Waals surface area contributed by atoms with Gasteiger partial charge in [0, 0.05) is 5.69 Å². The van der Waals surface area contributed by atoms with Gasteiger partial charge >= 0.3 is 12.2 Å². The highest BCUT2D eigenvalue weighted by atomic mass is 32.2. The number of nitrogens with two attached hydrogens (primary N) is 1. The summed E-state index contributed by atoms with van der Waals surface area (Å²) in [5, 5.41) is 9.23. The second-order valence-electron chi connectivity index (χ2n) is 12.4. The summed E-state index contributed by atoms with van der Waals surface area (Å²) in [6.45, 7) is 13.8. The number of fused-ring (bicyclic) bond motifs is 3. The molecule has 0 spiro atoms. The van der Waals surface area contributed by atoms with E-state index in [2.05, 4.69) is 0 Å². The van der Waals surface area contributed by atoms with Crippen molar-refractivity contribution in [3.63, 3.8) is 0 Å². The molecule has 36 heavy (non-hydrogen) atoms. The van der Waals surface area contributed by atoms with Gasteiger partial charge in [-0.1, -0.05) is 26.8 Å². The third kappa shape index (κ3) is 4.84. The maximum absolute atomic E-state index is 14.1. The zero-order valence-corrected chi connectivity index (χ0v) is 23.3. The Labute approximate surface area is 214 Å². The fourth-order valence-electron chi connectivity index (χ4n) is 5.81. The van der Waals surface area contributed by atoms with E-state index in [1.807, 2.05) is 26.8 Å². The Balaban J connectivity index is 2.22. The van der Waals surface area contributed by atoms with Crippen molar-refractivity contribution in [1.82, 2.24) is 4.90 Å². The number of anilines is 1. The fraction of sp³-hybridized carbons (Fsp3) is 0.654. The van der Waals surface area contributed by atoms with Gasteiger partial charge in [-0.3, -0.25) is 4.99 Å². The molecule has 200 valence electrons. The monoisotopic (exact) mass is 521 g/mol. The highest BCUT2D eigenvalue weighted by Crippen LogP contribution is 2.48. The molecule has 3 N–H and O–H groups in total. The smallest absolute Gasteiger partial charge is 0.425 e. The predicted molar refractivity (Wildman–Crippen MR) is 140 cm³/mol. The van der Waals surface area contributed by atoms with Gasteiger partial charge in [0.1, 0.15) is 21.7 Å². The average molecular weight is 522 g/mol. The number of carbonyl (C=O) groups excluding carboxylic acids is 1. The highest BCUT2D eigenvalue weighted by Gasteiger charge is 2.60. The predicted octanol–water partition coefficient (Wildman–Crippen LogP) is 5.13. The fourth-order valence-corrected chi connectivity index (χ4v) is 8.18. The summed E-state index contributed by atoms with van der Waals surface area (Å²) in [5.74, 6) is -0.374. The van der Waals surface area contributed by atoms with Gasteiger partial charge in [0.2, 0.25) is 0 Å². The molecule has 1 aromatic carbocycles. The third-order valence-corrected chi connectivity index (χ3v) is 10.1. The van der Waals surface area contributed by atoms with Crippen molar-refractivity contribution in [2.75, 3.05) is 5.73 Å². The lowest BCUT2D eigenvalue weighted by molar-refractivity contribution is -0.0000585. The molecule has 0 radical (unpaired) electrons. The standard InChI is InChI=1S/C26H39N3O6S/c1-23(2,3)15-24(4,5)35-22(32)29(21(30)31)20-25(6,7)36(33,34)19-11-9-10-16-12-13-17(27)14-18(16)26(19,8)28-20/h12-14,19H,9-11,15,27H2,1-8H3,(H,30,31)/t19-,26+/m0/s1. The van der Waals surface area contributed by atoms with Crippen molar-refractivity contribution >= 4 is 33.5 Å². The van der Waals surface area contributed by atoms with Gasteiger partial charge in [-0.25, -0.2) is 18.0 Å². The Bertz CT molecular complexity index is 1210. The number of amides is 2. The number of aliphatic imine (C=N–C) groups is 1. The van der Waals surface area contributed by atoms with Crippen molar-refractivity contribution in [3.05, 3.63) is 29.3 Å². The van der Waals surface area contributed by atoms with Crippen LogP contribution in [0.15, 0.2) is 23.2 Å². The molecular formula is C26H39N3O6S. The molecule has 0 saturated carbocycles. The quantitative estimate of drug-likeness (QED) is 0.514. The Kier molecular flexibility index (Phi) is 6.79. The van der Waals surface area contributed by atoms with Gasteiger partial charge in [0.25, 0.3) is 0 Å². The minimum atomic E-state index is -4.02. The maximum Gasteiger partial charge on any atom is 0.425 e. The van der Waals surface area contributed by atoms with Crippen molar-refractivity contribution in [2.45, 2.75) is 102 Å². The number of hydrogen-bond acceptors (Lipinski definition) is 7. The molecule has 1 aliphatic carbocycles. The lowest BCUT2D eigenvalue weighted by atomic mass is 9.84. The molecule has 3 rings (SSSR count). The normalized spacial score (nSPS) is 25.0. The van der Waals surface area contributed by atoms with E-state index in [4.69, 9.17) is 15.5 Å². The Morgan fingerprint density at radius 3 is 2.36 bits per heavy atom. The zero-order chi connectivity index (χ0) is 27.5. The van der Waals surface area contributed by atoms with Gasteiger partial charge in [-0.05, 0) is 89.0 Å². The van der Waals surface area contributed by atoms with Crippen molar-refractivity contribution < 1.29 is 27.9 Å². The lowest BCUT2D eigenvalue weighted by Crippen LogP contribution is -2.63. The first-order chi connectivity index (χ1) is 16.2. The number of sulfone groups is 1. The van der Waals surface area contributed by atoms with Crippen LogP contribution in [0.25, 0.3) is 0 Å². The third-order valence-electron chi connectivity index (χ3n) is 7.09. The molecule has 10 heteroatoms. The summed E-state index contributed by atoms with van der Waals surface area (Å²) in [6, 6.07) is 5.32. The van der Waals surface area contributed by atoms with Crippen LogP contribution in [0.4, 0.5) is 15.3 Å². The molecule has 1 aromatic rings. The van der Waals surface area contributed by atoms with E-state index < -0.39 is 43.2 Å². The summed E-state index contributed by atoms with van der Waals surface area (Å²) in [4.78, 5) is 31.0. The van der Waals surface area contributed by atoms with Gasteiger partial charge in [0.15, 0.2) is 9.84 Å². The van der Waals surface area contributed by atoms with Crippen LogP contribution in [-0.4, -0.2) is 52.0 Å². The Morgan fingerprint density at radius 1 is 1.19 bits per heavy atom. The molecule has 0 unspecified atom stereocenters. The largest absolute Gasteiger partial charge is 0.464 e. The topological polar surface area (TPSA) is 139 Å². The van der Waals surface area contributed by atoms with E-state index in [0.29, 0.717) is 41.8 Å². The summed E-state index contributed by atoms with van der Waals surface area (Å²) in [6.07, 6.45) is -0.750. The van der Waals surface area contributed by atoms with Crippen LogP contribution >= 0.6 is 0 Å². The number of aryl methyl sites for hydroxylation is 1. The summed E-state index contributed by atoms with van der Waals surface area (Å²) < 4.78 is 32.0. The van der Waals surface area contributed by atoms with E-state index in [0.717, 1.165) is 5.56 Å². The first-order valence-corrected chi connectivity index (χ1v) is 13.8. The molecule has 2 amide bonds. The van der Waals surface area contributed by atoms with E-state index in [1.165, 1.54) is 13.8 Å². The molecule has 2 atom stereocenters. The number of carbonyl (C=O) groups is 2. The van der Waals surface area contributed by atoms with Crippen LogP contribution in [0.3, 0.4) is 0 Å². The summed E-state index contributed by atoms with van der Waals surface area (Å²) in [7, 11) is -4.02. The van der Waals surface area contributed by atoms with Crippen molar-refractivity contribution in [1.29, 1.82) is 0 Å². The van der Waals surface area contributed by atoms with Gasteiger partial charge in [-0.15, -0.1) is 0 Å². The van der Waals surface area contributed by atoms with E-state index in [1.54, 1.807) is 32.9 Å². The van der Waals surface area contributed by atoms with Gasteiger partial charge in [-0.2, -0.15) is 4.90 Å². The van der Waals surface area contributed by atoms with Crippen molar-refractivity contribution in [2.24, 2.45) is 10.4 Å². The second kappa shape index (κ2) is 8.75. The Morgan fingerprint density at radius 2 is 1.81 bits per heavy atom. The molecule has 0 saturated heterocycles. The van der Waals surface area contributed by atoms with Crippen LogP contribution in [0.5, 0.6) is 0 Å². The highest BCUT2D eigenvalue weighted by molar-refractivity contribution is 7.94. The minimum Gasteiger partial charge on any atom is -0.464 e. The number of hydrogen-bond donors (Lipinski definition) is 2.